The molecule has 126 valence electrons. The van der Waals surface area contributed by atoms with Crippen molar-refractivity contribution in [3.05, 3.63) is 0 Å². The number of alkyl halides is 2. The topological polar surface area (TPSA) is 49.9 Å². The van der Waals surface area contributed by atoms with E-state index in [2.05, 4.69) is 0 Å². The lowest BCUT2D eigenvalue weighted by Gasteiger charge is -2.42. The van der Waals surface area contributed by atoms with Crippen LogP contribution in [0.4, 0.5) is 13.6 Å². The molecule has 2 amide bonds. The number of nitrogens with zero attached hydrogens (tertiary/aromatic N) is 2. The molecule has 2 fully saturated rings. The smallest absolute Gasteiger partial charge is 0.410 e. The molecule has 2 saturated heterocycles. The summed E-state index contributed by atoms with van der Waals surface area (Å²) in [5.41, 5.74) is -0.740. The Balaban J connectivity index is 2.13. The van der Waals surface area contributed by atoms with Crippen molar-refractivity contribution in [2.45, 2.75) is 70.6 Å². The second-order valence-corrected chi connectivity index (χ2v) is 7.26. The maximum absolute atomic E-state index is 14.0. The molecule has 0 aliphatic carbocycles. The lowest BCUT2D eigenvalue weighted by molar-refractivity contribution is -0.138. The molecule has 0 aromatic carbocycles. The Bertz CT molecular complexity index is 462. The number of likely N-dealkylation sites (tertiary alicyclic amines) is 2. The SMILES string of the molecule is CC1CCC(=O)N1[C@H]1CN(C(=O)OC(C)(C)C)CC(F)(F)C1. The summed E-state index contributed by atoms with van der Waals surface area (Å²) >= 11 is 0. The molecule has 2 rings (SSSR count). The molecule has 0 spiro atoms. The van der Waals surface area contributed by atoms with E-state index in [9.17, 15) is 18.4 Å². The predicted octanol–water partition coefficient (Wildman–Crippen LogP) is 2.64. The van der Waals surface area contributed by atoms with Crippen molar-refractivity contribution in [3.8, 4) is 0 Å². The van der Waals surface area contributed by atoms with Gasteiger partial charge in [-0.1, -0.05) is 0 Å². The monoisotopic (exact) mass is 318 g/mol. The summed E-state index contributed by atoms with van der Waals surface area (Å²) in [5, 5.41) is 0. The minimum Gasteiger partial charge on any atom is -0.444 e. The van der Waals surface area contributed by atoms with E-state index in [1.54, 1.807) is 20.8 Å². The van der Waals surface area contributed by atoms with Gasteiger partial charge in [0.1, 0.15) is 5.60 Å². The van der Waals surface area contributed by atoms with Crippen molar-refractivity contribution in [1.82, 2.24) is 9.80 Å². The number of ether oxygens (including phenoxy) is 1. The average Bonchev–Trinajstić information content (AvgIpc) is 2.64. The van der Waals surface area contributed by atoms with Gasteiger partial charge in [0.25, 0.3) is 5.92 Å². The van der Waals surface area contributed by atoms with Gasteiger partial charge in [0.2, 0.25) is 5.91 Å². The summed E-state index contributed by atoms with van der Waals surface area (Å²) < 4.78 is 33.2. The van der Waals surface area contributed by atoms with Crippen molar-refractivity contribution in [3.63, 3.8) is 0 Å². The van der Waals surface area contributed by atoms with Gasteiger partial charge in [-0.15, -0.1) is 0 Å². The Labute approximate surface area is 129 Å². The van der Waals surface area contributed by atoms with Gasteiger partial charge in [0, 0.05) is 25.4 Å². The third kappa shape index (κ3) is 3.87. The van der Waals surface area contributed by atoms with Gasteiger partial charge < -0.3 is 14.5 Å². The first-order valence-corrected chi connectivity index (χ1v) is 7.65. The van der Waals surface area contributed by atoms with Crippen molar-refractivity contribution in [2.75, 3.05) is 13.1 Å². The first kappa shape index (κ1) is 17.0. The van der Waals surface area contributed by atoms with E-state index in [4.69, 9.17) is 4.74 Å². The Hall–Kier alpha value is -1.40. The van der Waals surface area contributed by atoms with Gasteiger partial charge in [0.05, 0.1) is 12.6 Å². The third-order valence-corrected chi connectivity index (χ3v) is 3.97. The third-order valence-electron chi connectivity index (χ3n) is 3.97. The quantitative estimate of drug-likeness (QED) is 0.747. The van der Waals surface area contributed by atoms with Crippen molar-refractivity contribution in [1.29, 1.82) is 0 Å². The highest BCUT2D eigenvalue weighted by atomic mass is 19.3. The van der Waals surface area contributed by atoms with Crippen LogP contribution in [-0.2, 0) is 9.53 Å². The Morgan fingerprint density at radius 3 is 2.50 bits per heavy atom. The molecule has 0 aromatic heterocycles. The number of piperidine rings is 1. The molecule has 0 radical (unpaired) electrons. The minimum absolute atomic E-state index is 0.0631. The first-order chi connectivity index (χ1) is 9.98. The van der Waals surface area contributed by atoms with Crippen LogP contribution in [0.25, 0.3) is 0 Å². The number of carbonyl (C=O) groups is 2. The van der Waals surface area contributed by atoms with Gasteiger partial charge in [-0.25, -0.2) is 13.6 Å². The molecule has 1 unspecified atom stereocenters. The minimum atomic E-state index is -3.01. The molecule has 7 heteroatoms. The number of carbonyl (C=O) groups excluding carboxylic acids is 2. The van der Waals surface area contributed by atoms with Crippen LogP contribution < -0.4 is 0 Å². The van der Waals surface area contributed by atoms with E-state index in [-0.39, 0.29) is 18.5 Å². The molecular weight excluding hydrogens is 294 g/mol. The molecule has 2 heterocycles. The molecule has 0 saturated carbocycles. The second-order valence-electron chi connectivity index (χ2n) is 7.26. The summed E-state index contributed by atoms with van der Waals surface area (Å²) in [5.74, 6) is -3.12. The fourth-order valence-electron chi connectivity index (χ4n) is 3.13. The van der Waals surface area contributed by atoms with E-state index in [0.29, 0.717) is 12.8 Å². The van der Waals surface area contributed by atoms with Crippen LogP contribution in [0.15, 0.2) is 0 Å². The first-order valence-electron chi connectivity index (χ1n) is 7.65. The van der Waals surface area contributed by atoms with E-state index < -0.39 is 36.6 Å². The van der Waals surface area contributed by atoms with Crippen LogP contribution in [0.1, 0.15) is 47.0 Å². The highest BCUT2D eigenvalue weighted by molar-refractivity contribution is 5.79. The summed E-state index contributed by atoms with van der Waals surface area (Å²) in [7, 11) is 0. The van der Waals surface area contributed by atoms with Gasteiger partial charge >= 0.3 is 6.09 Å². The Kier molecular flexibility index (Phi) is 4.37. The standard InChI is InChI=1S/C15H24F2N2O3/c1-10-5-6-12(20)19(10)11-7-15(16,17)9-18(8-11)13(21)22-14(2,3)4/h10-11H,5-9H2,1-4H3/t10?,11-/m1/s1. The molecular formula is C15H24F2N2O3. The zero-order valence-electron chi connectivity index (χ0n) is 13.6. The lowest BCUT2D eigenvalue weighted by atomic mass is 10.0. The van der Waals surface area contributed by atoms with E-state index >= 15 is 0 Å². The molecule has 0 bridgehead atoms. The van der Waals surface area contributed by atoms with Crippen LogP contribution in [0.5, 0.6) is 0 Å². The highest BCUT2D eigenvalue weighted by Gasteiger charge is 2.47. The summed E-state index contributed by atoms with van der Waals surface area (Å²) in [4.78, 5) is 26.6. The fraction of sp³-hybridized carbons (Fsp3) is 0.867. The van der Waals surface area contributed by atoms with Crippen LogP contribution in [0.3, 0.4) is 0 Å². The van der Waals surface area contributed by atoms with E-state index in [0.717, 1.165) is 4.90 Å². The van der Waals surface area contributed by atoms with E-state index in [1.165, 1.54) is 4.90 Å². The van der Waals surface area contributed by atoms with E-state index in [1.807, 2.05) is 6.92 Å². The van der Waals surface area contributed by atoms with Gasteiger partial charge in [-0.2, -0.15) is 0 Å². The van der Waals surface area contributed by atoms with Crippen molar-refractivity contribution < 1.29 is 23.1 Å². The Morgan fingerprint density at radius 1 is 1.36 bits per heavy atom. The van der Waals surface area contributed by atoms with Crippen LogP contribution in [0, 0.1) is 0 Å². The molecule has 0 aromatic rings. The maximum Gasteiger partial charge on any atom is 0.410 e. The second kappa shape index (κ2) is 5.66. The number of hydrogen-bond donors (Lipinski definition) is 0. The van der Waals surface area contributed by atoms with Gasteiger partial charge in [-0.05, 0) is 34.1 Å². The molecule has 2 aliphatic heterocycles. The molecule has 2 aliphatic rings. The average molecular weight is 318 g/mol. The van der Waals surface area contributed by atoms with Crippen molar-refractivity contribution in [2.24, 2.45) is 0 Å². The predicted molar refractivity (Wildman–Crippen MR) is 76.7 cm³/mol. The number of rotatable bonds is 1. The fourth-order valence-corrected chi connectivity index (χ4v) is 3.13. The molecule has 0 N–H and O–H groups in total. The number of amides is 2. The molecule has 2 atom stereocenters. The zero-order valence-corrected chi connectivity index (χ0v) is 13.6. The maximum atomic E-state index is 14.0. The largest absolute Gasteiger partial charge is 0.444 e. The summed E-state index contributed by atoms with van der Waals surface area (Å²) in [6.45, 7) is 6.37. The van der Waals surface area contributed by atoms with Gasteiger partial charge in [-0.3, -0.25) is 4.79 Å². The highest BCUT2D eigenvalue weighted by Crippen LogP contribution is 2.33. The number of halogens is 2. The van der Waals surface area contributed by atoms with Crippen LogP contribution in [0.2, 0.25) is 0 Å². The van der Waals surface area contributed by atoms with Crippen LogP contribution >= 0.6 is 0 Å². The van der Waals surface area contributed by atoms with Gasteiger partial charge in [0.15, 0.2) is 0 Å². The number of hydrogen-bond acceptors (Lipinski definition) is 3. The molecule has 5 nitrogen and oxygen atoms in total. The van der Waals surface area contributed by atoms with Crippen molar-refractivity contribution >= 4 is 12.0 Å². The lowest BCUT2D eigenvalue weighted by Crippen LogP contribution is -2.58. The molecule has 22 heavy (non-hydrogen) atoms. The summed E-state index contributed by atoms with van der Waals surface area (Å²) in [6.07, 6.45) is -0.0954. The zero-order chi connectivity index (χ0) is 16.7. The normalized spacial score (nSPS) is 28.9. The Morgan fingerprint density at radius 2 is 2.00 bits per heavy atom. The van der Waals surface area contributed by atoms with Crippen LogP contribution in [-0.4, -0.2) is 58.5 Å². The summed E-state index contributed by atoms with van der Waals surface area (Å²) in [6, 6.07) is -0.715.